The van der Waals surface area contributed by atoms with Crippen molar-refractivity contribution in [2.45, 2.75) is 37.0 Å². The zero-order valence-corrected chi connectivity index (χ0v) is 15.7. The van der Waals surface area contributed by atoms with Gasteiger partial charge in [0, 0.05) is 36.1 Å². The van der Waals surface area contributed by atoms with Gasteiger partial charge >= 0.3 is 0 Å². The summed E-state index contributed by atoms with van der Waals surface area (Å²) in [6.07, 6.45) is 4.52. The third-order valence-corrected chi connectivity index (χ3v) is 6.36. The number of alkyl halides is 1. The van der Waals surface area contributed by atoms with Gasteiger partial charge in [-0.1, -0.05) is 0 Å². The molecule has 152 valence electrons. The molecule has 1 saturated heterocycles. The van der Waals surface area contributed by atoms with Gasteiger partial charge in [-0.15, -0.1) is 0 Å². The molecule has 4 aliphatic rings. The molecule has 0 unspecified atom stereocenters. The standard InChI is InChI=1S/C21H21F3N4O/c22-13-1-12(2-14(23)3-13)15-7-26-8-16(19(15)28-9-17(24)18(25)10-28)20(29)27-21-4-11(5-21)6-21/h1-3,7-8,11,17-18H,4-6,9-10,25H2,(H,27,29)/t11?,17-,18-,21?/m1/s1. The molecule has 3 aliphatic carbocycles. The fourth-order valence-electron chi connectivity index (χ4n) is 4.79. The first kappa shape index (κ1) is 18.4. The van der Waals surface area contributed by atoms with Crippen LogP contribution >= 0.6 is 0 Å². The second-order valence-electron chi connectivity index (χ2n) is 8.54. The molecule has 1 amide bonds. The Hall–Kier alpha value is -2.61. The summed E-state index contributed by atoms with van der Waals surface area (Å²) >= 11 is 0. The lowest BCUT2D eigenvalue weighted by molar-refractivity contribution is -0.0438. The minimum Gasteiger partial charge on any atom is -0.366 e. The summed E-state index contributed by atoms with van der Waals surface area (Å²) in [5, 5.41) is 3.08. The predicted molar refractivity (Wildman–Crippen MR) is 102 cm³/mol. The van der Waals surface area contributed by atoms with Crippen molar-refractivity contribution in [3.63, 3.8) is 0 Å². The van der Waals surface area contributed by atoms with Crippen molar-refractivity contribution in [1.82, 2.24) is 10.3 Å². The van der Waals surface area contributed by atoms with E-state index < -0.39 is 23.8 Å². The second-order valence-corrected chi connectivity index (χ2v) is 8.54. The van der Waals surface area contributed by atoms with Crippen molar-refractivity contribution in [2.24, 2.45) is 11.7 Å². The molecule has 1 aromatic heterocycles. The quantitative estimate of drug-likeness (QED) is 0.825. The zero-order chi connectivity index (χ0) is 20.3. The number of amides is 1. The van der Waals surface area contributed by atoms with E-state index in [0.29, 0.717) is 17.2 Å². The van der Waals surface area contributed by atoms with Gasteiger partial charge in [-0.3, -0.25) is 9.78 Å². The largest absolute Gasteiger partial charge is 0.366 e. The molecule has 3 N–H and O–H groups in total. The number of nitrogens with one attached hydrogen (secondary N) is 1. The highest BCUT2D eigenvalue weighted by atomic mass is 19.1. The Labute approximate surface area is 166 Å². The maximum atomic E-state index is 14.2. The van der Waals surface area contributed by atoms with Crippen LogP contribution in [0.15, 0.2) is 30.6 Å². The maximum absolute atomic E-state index is 14.2. The van der Waals surface area contributed by atoms with Crippen LogP contribution in [0, 0.1) is 17.6 Å². The molecule has 6 rings (SSSR count). The number of halogens is 3. The molecule has 8 heteroatoms. The van der Waals surface area contributed by atoms with Crippen LogP contribution in [-0.2, 0) is 0 Å². The van der Waals surface area contributed by atoms with Crippen LogP contribution in [0.3, 0.4) is 0 Å². The summed E-state index contributed by atoms with van der Waals surface area (Å²) in [6.45, 7) is 0.201. The lowest BCUT2D eigenvalue weighted by atomic mass is 9.50. The number of nitrogens with zero attached hydrogens (tertiary/aromatic N) is 2. The number of anilines is 1. The van der Waals surface area contributed by atoms with Crippen LogP contribution in [0.5, 0.6) is 0 Å². The fraction of sp³-hybridized carbons (Fsp3) is 0.429. The van der Waals surface area contributed by atoms with Gasteiger partial charge in [0.15, 0.2) is 0 Å². The predicted octanol–water partition coefficient (Wildman–Crippen LogP) is 2.79. The highest BCUT2D eigenvalue weighted by Crippen LogP contribution is 2.57. The van der Waals surface area contributed by atoms with Gasteiger partial charge < -0.3 is 16.0 Å². The van der Waals surface area contributed by atoms with Gasteiger partial charge in [0.05, 0.1) is 23.8 Å². The van der Waals surface area contributed by atoms with Crippen molar-refractivity contribution in [2.75, 3.05) is 18.0 Å². The third kappa shape index (κ3) is 3.06. The molecule has 2 heterocycles. The summed E-state index contributed by atoms with van der Waals surface area (Å²) in [4.78, 5) is 18.9. The van der Waals surface area contributed by atoms with E-state index in [1.54, 1.807) is 4.90 Å². The van der Waals surface area contributed by atoms with E-state index in [1.807, 2.05) is 0 Å². The molecule has 0 spiro atoms. The summed E-state index contributed by atoms with van der Waals surface area (Å²) in [5.74, 6) is -1.09. The minimum absolute atomic E-state index is 0.00345. The summed E-state index contributed by atoms with van der Waals surface area (Å²) < 4.78 is 41.9. The molecule has 3 saturated carbocycles. The van der Waals surface area contributed by atoms with Crippen molar-refractivity contribution in [3.8, 4) is 11.1 Å². The molecule has 29 heavy (non-hydrogen) atoms. The lowest BCUT2D eigenvalue weighted by Crippen LogP contribution is -2.68. The van der Waals surface area contributed by atoms with E-state index in [-0.39, 0.29) is 35.7 Å². The van der Waals surface area contributed by atoms with Crippen molar-refractivity contribution in [1.29, 1.82) is 0 Å². The number of carbonyl (C=O) groups is 1. The van der Waals surface area contributed by atoms with Crippen LogP contribution < -0.4 is 16.0 Å². The maximum Gasteiger partial charge on any atom is 0.255 e. The molecule has 0 radical (unpaired) electrons. The molecule has 2 aromatic rings. The summed E-state index contributed by atoms with van der Waals surface area (Å²) in [6, 6.07) is 2.43. The van der Waals surface area contributed by atoms with Gasteiger partial charge in [0.2, 0.25) is 0 Å². The second kappa shape index (κ2) is 6.45. The molecular weight excluding hydrogens is 381 g/mol. The van der Waals surface area contributed by atoms with E-state index >= 15 is 0 Å². The highest BCUT2D eigenvalue weighted by molar-refractivity contribution is 6.03. The number of pyridine rings is 1. The Bertz CT molecular complexity index is 951. The van der Waals surface area contributed by atoms with Crippen LogP contribution in [-0.4, -0.2) is 41.7 Å². The third-order valence-electron chi connectivity index (χ3n) is 6.36. The first-order chi connectivity index (χ1) is 13.8. The van der Waals surface area contributed by atoms with Crippen molar-refractivity contribution < 1.29 is 18.0 Å². The highest BCUT2D eigenvalue weighted by Gasteiger charge is 2.57. The fourth-order valence-corrected chi connectivity index (χ4v) is 4.79. The number of benzene rings is 1. The molecule has 1 aromatic carbocycles. The van der Waals surface area contributed by atoms with Gasteiger partial charge in [-0.25, -0.2) is 13.2 Å². The number of hydrogen-bond donors (Lipinski definition) is 2. The van der Waals surface area contributed by atoms with Crippen LogP contribution in [0.4, 0.5) is 18.9 Å². The molecule has 2 bridgehead atoms. The summed E-state index contributed by atoms with van der Waals surface area (Å²) in [7, 11) is 0. The topological polar surface area (TPSA) is 71.2 Å². The minimum atomic E-state index is -1.26. The SMILES string of the molecule is N[C@@H]1CN(c2c(C(=O)NC34CC(C3)C4)cncc2-c2cc(F)cc(F)c2)C[C@H]1F. The van der Waals surface area contributed by atoms with Crippen molar-refractivity contribution >= 4 is 11.6 Å². The lowest BCUT2D eigenvalue weighted by Gasteiger charge is -2.61. The number of hydrogen-bond acceptors (Lipinski definition) is 4. The molecule has 2 atom stereocenters. The zero-order valence-electron chi connectivity index (χ0n) is 15.7. The van der Waals surface area contributed by atoms with Crippen molar-refractivity contribution in [3.05, 3.63) is 47.8 Å². The molecule has 5 nitrogen and oxygen atoms in total. The average Bonchev–Trinajstić information content (AvgIpc) is 2.94. The van der Waals surface area contributed by atoms with E-state index in [0.717, 1.165) is 25.3 Å². The van der Waals surface area contributed by atoms with E-state index in [1.165, 1.54) is 24.5 Å². The van der Waals surface area contributed by atoms with Gasteiger partial charge in [-0.05, 0) is 42.9 Å². The Morgan fingerprint density at radius 3 is 2.38 bits per heavy atom. The Kier molecular flexibility index (Phi) is 4.10. The van der Waals surface area contributed by atoms with E-state index in [4.69, 9.17) is 5.73 Å². The smallest absolute Gasteiger partial charge is 0.255 e. The van der Waals surface area contributed by atoms with Crippen LogP contribution in [0.2, 0.25) is 0 Å². The Morgan fingerprint density at radius 1 is 1.14 bits per heavy atom. The number of aromatic nitrogens is 1. The molecule has 4 fully saturated rings. The first-order valence-corrected chi connectivity index (χ1v) is 9.75. The number of rotatable bonds is 4. The summed E-state index contributed by atoms with van der Waals surface area (Å²) in [5.41, 5.74) is 6.98. The van der Waals surface area contributed by atoms with Crippen LogP contribution in [0.25, 0.3) is 11.1 Å². The van der Waals surface area contributed by atoms with E-state index in [9.17, 15) is 18.0 Å². The van der Waals surface area contributed by atoms with Gasteiger partial charge in [0.1, 0.15) is 17.8 Å². The Balaban J connectivity index is 1.59. The van der Waals surface area contributed by atoms with Gasteiger partial charge in [0.25, 0.3) is 5.91 Å². The average molecular weight is 402 g/mol. The monoisotopic (exact) mass is 402 g/mol. The number of nitrogens with two attached hydrogens (primary N) is 1. The Morgan fingerprint density at radius 2 is 1.83 bits per heavy atom. The van der Waals surface area contributed by atoms with E-state index in [2.05, 4.69) is 10.3 Å². The molecular formula is C21H21F3N4O. The van der Waals surface area contributed by atoms with Gasteiger partial charge in [-0.2, -0.15) is 0 Å². The first-order valence-electron chi connectivity index (χ1n) is 9.75. The van der Waals surface area contributed by atoms with Crippen LogP contribution in [0.1, 0.15) is 29.6 Å². The normalized spacial score (nSPS) is 29.9. The molecule has 1 aliphatic heterocycles. The number of carbonyl (C=O) groups excluding carboxylic acids is 1.